The highest BCUT2D eigenvalue weighted by atomic mass is 32.1. The number of hydrogen-bond acceptors (Lipinski definition) is 5. The maximum atomic E-state index is 9.52. The van der Waals surface area contributed by atoms with Crippen molar-refractivity contribution in [3.8, 4) is 0 Å². The van der Waals surface area contributed by atoms with E-state index in [2.05, 4.69) is 15.1 Å². The number of aliphatic hydroxyl groups excluding tert-OH is 1. The van der Waals surface area contributed by atoms with E-state index in [1.807, 2.05) is 0 Å². The van der Waals surface area contributed by atoms with Crippen LogP contribution < -0.4 is 10.6 Å². The highest BCUT2D eigenvalue weighted by Crippen LogP contribution is 2.24. The molecule has 2 heterocycles. The van der Waals surface area contributed by atoms with E-state index in [1.54, 1.807) is 12.3 Å². The molecule has 1 saturated heterocycles. The first-order chi connectivity index (χ1) is 8.74. The average Bonchev–Trinajstić information content (AvgIpc) is 2.63. The van der Waals surface area contributed by atoms with Gasteiger partial charge in [0.2, 0.25) is 0 Å². The topological polar surface area (TPSA) is 75.3 Å². The number of anilines is 1. The van der Waals surface area contributed by atoms with Crippen molar-refractivity contribution in [2.24, 2.45) is 5.73 Å². The second-order valence-corrected chi connectivity index (χ2v) is 4.95. The van der Waals surface area contributed by atoms with Gasteiger partial charge in [-0.3, -0.25) is 0 Å². The molecule has 98 valence electrons. The molecule has 0 radical (unpaired) electrons. The third-order valence-electron chi connectivity index (χ3n) is 3.33. The Labute approximate surface area is 112 Å². The highest BCUT2D eigenvalue weighted by Gasteiger charge is 2.24. The van der Waals surface area contributed by atoms with Crippen LogP contribution in [0.5, 0.6) is 0 Å². The summed E-state index contributed by atoms with van der Waals surface area (Å²) in [6, 6.07) is 1.86. The summed E-state index contributed by atoms with van der Waals surface area (Å²) in [5, 5.41) is 17.6. The van der Waals surface area contributed by atoms with Gasteiger partial charge in [0, 0.05) is 6.54 Å². The minimum atomic E-state index is 0.0808. The fourth-order valence-corrected chi connectivity index (χ4v) is 2.53. The summed E-state index contributed by atoms with van der Waals surface area (Å²) in [7, 11) is 0. The Bertz CT molecular complexity index is 426. The van der Waals surface area contributed by atoms with Crippen LogP contribution in [0.2, 0.25) is 0 Å². The summed E-state index contributed by atoms with van der Waals surface area (Å²) in [5.74, 6) is 0.700. The molecule has 0 bridgehead atoms. The first-order valence-electron chi connectivity index (χ1n) is 6.23. The Morgan fingerprint density at radius 2 is 2.33 bits per heavy atom. The molecule has 3 N–H and O–H groups in total. The van der Waals surface area contributed by atoms with Crippen LogP contribution >= 0.6 is 12.2 Å². The maximum absolute atomic E-state index is 9.52. The van der Waals surface area contributed by atoms with Crippen molar-refractivity contribution in [2.45, 2.75) is 31.7 Å². The molecular weight excluding hydrogens is 248 g/mol. The molecular formula is C12H18N4OS. The molecule has 5 nitrogen and oxygen atoms in total. The Balaban J connectivity index is 2.35. The van der Waals surface area contributed by atoms with E-state index in [0.717, 1.165) is 31.4 Å². The van der Waals surface area contributed by atoms with Crippen LogP contribution in [0, 0.1) is 0 Å². The minimum Gasteiger partial charge on any atom is -0.394 e. The van der Waals surface area contributed by atoms with Gasteiger partial charge in [0.05, 0.1) is 24.4 Å². The van der Waals surface area contributed by atoms with E-state index in [9.17, 15) is 5.11 Å². The van der Waals surface area contributed by atoms with Crippen molar-refractivity contribution in [3.63, 3.8) is 0 Å². The number of hydrogen-bond donors (Lipinski definition) is 2. The molecule has 1 aromatic heterocycles. The molecule has 0 spiro atoms. The summed E-state index contributed by atoms with van der Waals surface area (Å²) >= 11 is 5.05. The number of aliphatic hydroxyl groups is 1. The second kappa shape index (κ2) is 6.06. The number of nitrogens with zero attached hydrogens (tertiary/aromatic N) is 3. The summed E-state index contributed by atoms with van der Waals surface area (Å²) in [4.78, 5) is 2.41. The zero-order valence-electron chi connectivity index (χ0n) is 10.2. The zero-order chi connectivity index (χ0) is 13.0. The second-order valence-electron chi connectivity index (χ2n) is 4.51. The lowest BCUT2D eigenvalue weighted by atomic mass is 10.1. The van der Waals surface area contributed by atoms with Gasteiger partial charge in [-0.05, 0) is 18.9 Å². The number of nitrogens with two attached hydrogens (primary N) is 1. The summed E-state index contributed by atoms with van der Waals surface area (Å²) in [6.07, 6.45) is 5.94. The Morgan fingerprint density at radius 3 is 3.06 bits per heavy atom. The van der Waals surface area contributed by atoms with E-state index in [0.29, 0.717) is 10.8 Å². The summed E-state index contributed by atoms with van der Waals surface area (Å²) in [5.41, 5.74) is 6.46. The molecule has 2 rings (SSSR count). The SMILES string of the molecule is NC(=S)c1ccnnc1N1CCCCCC1CO. The Morgan fingerprint density at radius 1 is 1.50 bits per heavy atom. The predicted octanol–water partition coefficient (Wildman–Crippen LogP) is 0.852. The summed E-state index contributed by atoms with van der Waals surface area (Å²) < 4.78 is 0. The third kappa shape index (κ3) is 2.76. The fourth-order valence-electron chi connectivity index (χ4n) is 2.37. The van der Waals surface area contributed by atoms with Crippen molar-refractivity contribution in [3.05, 3.63) is 17.8 Å². The van der Waals surface area contributed by atoms with E-state index in [1.165, 1.54) is 6.42 Å². The van der Waals surface area contributed by atoms with Crippen LogP contribution in [0.4, 0.5) is 5.82 Å². The summed E-state index contributed by atoms with van der Waals surface area (Å²) in [6.45, 7) is 0.979. The minimum absolute atomic E-state index is 0.0808. The number of rotatable bonds is 3. The molecule has 6 heteroatoms. The molecule has 18 heavy (non-hydrogen) atoms. The molecule has 1 aliphatic rings. The van der Waals surface area contributed by atoms with Gasteiger partial charge in [-0.1, -0.05) is 25.1 Å². The number of aromatic nitrogens is 2. The zero-order valence-corrected chi connectivity index (χ0v) is 11.1. The van der Waals surface area contributed by atoms with Crippen molar-refractivity contribution >= 4 is 23.0 Å². The van der Waals surface area contributed by atoms with E-state index in [4.69, 9.17) is 18.0 Å². The van der Waals surface area contributed by atoms with Gasteiger partial charge in [-0.25, -0.2) is 0 Å². The fraction of sp³-hybridized carbons (Fsp3) is 0.583. The molecule has 1 aliphatic heterocycles. The quantitative estimate of drug-likeness (QED) is 0.790. The first kappa shape index (κ1) is 13.2. The van der Waals surface area contributed by atoms with Gasteiger partial charge in [0.25, 0.3) is 0 Å². The van der Waals surface area contributed by atoms with Crippen LogP contribution in [-0.2, 0) is 0 Å². The molecule has 1 fully saturated rings. The Kier molecular flexibility index (Phi) is 4.43. The van der Waals surface area contributed by atoms with Crippen molar-refractivity contribution in [2.75, 3.05) is 18.1 Å². The van der Waals surface area contributed by atoms with Crippen molar-refractivity contribution < 1.29 is 5.11 Å². The van der Waals surface area contributed by atoms with Crippen LogP contribution in [0.25, 0.3) is 0 Å². The van der Waals surface area contributed by atoms with Gasteiger partial charge >= 0.3 is 0 Å². The van der Waals surface area contributed by atoms with E-state index >= 15 is 0 Å². The molecule has 0 aliphatic carbocycles. The largest absolute Gasteiger partial charge is 0.394 e. The Hall–Kier alpha value is -1.27. The molecule has 1 aromatic rings. The van der Waals surface area contributed by atoms with E-state index < -0.39 is 0 Å². The van der Waals surface area contributed by atoms with Gasteiger partial charge in [-0.2, -0.15) is 5.10 Å². The van der Waals surface area contributed by atoms with Crippen LogP contribution in [0.3, 0.4) is 0 Å². The van der Waals surface area contributed by atoms with Gasteiger partial charge in [-0.15, -0.1) is 5.10 Å². The maximum Gasteiger partial charge on any atom is 0.161 e. The first-order valence-corrected chi connectivity index (χ1v) is 6.64. The normalized spacial score (nSPS) is 20.5. The van der Waals surface area contributed by atoms with Crippen molar-refractivity contribution in [1.82, 2.24) is 10.2 Å². The number of thiocarbonyl (C=S) groups is 1. The monoisotopic (exact) mass is 266 g/mol. The highest BCUT2D eigenvalue weighted by molar-refractivity contribution is 7.80. The smallest absolute Gasteiger partial charge is 0.161 e. The lowest BCUT2D eigenvalue weighted by Crippen LogP contribution is -2.39. The van der Waals surface area contributed by atoms with Gasteiger partial charge in [0.15, 0.2) is 5.82 Å². The van der Waals surface area contributed by atoms with Crippen molar-refractivity contribution in [1.29, 1.82) is 0 Å². The standard InChI is InChI=1S/C12H18N4OS/c13-11(18)10-5-6-14-15-12(10)16-7-3-1-2-4-9(16)8-17/h5-6,9,17H,1-4,7-8H2,(H2,13,18). The van der Waals surface area contributed by atoms with Crippen LogP contribution in [0.1, 0.15) is 31.2 Å². The van der Waals surface area contributed by atoms with Gasteiger partial charge < -0.3 is 15.7 Å². The molecule has 1 unspecified atom stereocenters. The molecule has 0 saturated carbocycles. The molecule has 0 aromatic carbocycles. The van der Waals surface area contributed by atoms with Gasteiger partial charge in [0.1, 0.15) is 4.99 Å². The average molecular weight is 266 g/mol. The predicted molar refractivity (Wildman–Crippen MR) is 74.6 cm³/mol. The lowest BCUT2D eigenvalue weighted by Gasteiger charge is -2.30. The van der Waals surface area contributed by atoms with Crippen LogP contribution in [-0.4, -0.2) is 39.5 Å². The lowest BCUT2D eigenvalue weighted by molar-refractivity contribution is 0.254. The van der Waals surface area contributed by atoms with E-state index in [-0.39, 0.29) is 12.6 Å². The van der Waals surface area contributed by atoms with Crippen LogP contribution in [0.15, 0.2) is 12.3 Å². The third-order valence-corrected chi connectivity index (χ3v) is 3.55. The molecule has 1 atom stereocenters. The molecule has 0 amide bonds.